The topological polar surface area (TPSA) is 51.0 Å². The first-order valence-electron chi connectivity index (χ1n) is 7.84. The van der Waals surface area contributed by atoms with Crippen LogP contribution in [0.15, 0.2) is 30.6 Å². The van der Waals surface area contributed by atoms with Crippen LogP contribution in [0.5, 0.6) is 0 Å². The summed E-state index contributed by atoms with van der Waals surface area (Å²) in [6, 6.07) is 3.85. The number of rotatable bonds is 4. The molecule has 2 aromatic rings. The van der Waals surface area contributed by atoms with E-state index in [9.17, 15) is 18.0 Å². The van der Waals surface area contributed by atoms with Crippen LogP contribution in [0.2, 0.25) is 5.02 Å². The number of hydrogen-bond acceptors (Lipinski definition) is 3. The molecule has 1 unspecified atom stereocenters. The fourth-order valence-electron chi connectivity index (χ4n) is 2.95. The molecule has 5 nitrogen and oxygen atoms in total. The van der Waals surface area contributed by atoms with Crippen molar-refractivity contribution in [2.24, 2.45) is 0 Å². The van der Waals surface area contributed by atoms with Crippen LogP contribution >= 0.6 is 11.6 Å². The Kier molecular flexibility index (Phi) is 4.99. The molecule has 25 heavy (non-hydrogen) atoms. The molecule has 0 radical (unpaired) electrons. The zero-order chi connectivity index (χ0) is 18.0. The van der Waals surface area contributed by atoms with E-state index >= 15 is 0 Å². The zero-order valence-corrected chi connectivity index (χ0v) is 14.0. The number of amides is 1. The Morgan fingerprint density at radius 1 is 1.36 bits per heavy atom. The van der Waals surface area contributed by atoms with Crippen LogP contribution in [0, 0.1) is 0 Å². The molecule has 1 fully saturated rings. The maximum atomic E-state index is 12.9. The summed E-state index contributed by atoms with van der Waals surface area (Å²) in [5, 5.41) is 7.36. The molecule has 3 rings (SSSR count). The molecule has 0 spiro atoms. The number of nitrogens with zero attached hydrogens (tertiary/aromatic N) is 4. The second-order valence-electron chi connectivity index (χ2n) is 5.98. The van der Waals surface area contributed by atoms with Gasteiger partial charge in [0.15, 0.2) is 0 Å². The molecule has 1 aromatic carbocycles. The van der Waals surface area contributed by atoms with E-state index in [1.807, 2.05) is 0 Å². The van der Waals surface area contributed by atoms with E-state index in [4.69, 9.17) is 11.6 Å². The van der Waals surface area contributed by atoms with E-state index in [0.717, 1.165) is 12.5 Å². The normalized spacial score (nSPS) is 17.9. The summed E-state index contributed by atoms with van der Waals surface area (Å²) in [6.45, 7) is 1.15. The Morgan fingerprint density at radius 2 is 2.16 bits per heavy atom. The van der Waals surface area contributed by atoms with Crippen molar-refractivity contribution >= 4 is 17.5 Å². The number of hydrogen-bond donors (Lipinski definition) is 0. The molecule has 1 aliphatic heterocycles. The molecule has 1 atom stereocenters. The summed E-state index contributed by atoms with van der Waals surface area (Å²) in [5.41, 5.74) is -0.427. The van der Waals surface area contributed by atoms with Gasteiger partial charge in [-0.3, -0.25) is 4.79 Å². The summed E-state index contributed by atoms with van der Waals surface area (Å²) in [7, 11) is 0. The summed E-state index contributed by atoms with van der Waals surface area (Å²) in [5.74, 6) is -0.0777. The lowest BCUT2D eigenvalue weighted by molar-refractivity contribution is -0.137. The minimum Gasteiger partial charge on any atom is -0.340 e. The highest BCUT2D eigenvalue weighted by Gasteiger charge is 2.33. The Hall–Kier alpha value is -2.09. The fraction of sp³-hybridized carbons (Fsp3) is 0.438. The molecule has 1 saturated heterocycles. The van der Waals surface area contributed by atoms with Crippen molar-refractivity contribution < 1.29 is 18.0 Å². The van der Waals surface area contributed by atoms with Crippen LogP contribution < -0.4 is 0 Å². The molecular formula is C16H16ClF3N4O. The molecule has 1 aliphatic rings. The van der Waals surface area contributed by atoms with Crippen LogP contribution in [0.25, 0.3) is 0 Å². The van der Waals surface area contributed by atoms with Crippen LogP contribution in [0.1, 0.15) is 30.0 Å². The van der Waals surface area contributed by atoms with Gasteiger partial charge < -0.3 is 4.90 Å². The van der Waals surface area contributed by atoms with Crippen molar-refractivity contribution in [1.82, 2.24) is 19.9 Å². The van der Waals surface area contributed by atoms with E-state index in [-0.39, 0.29) is 29.8 Å². The van der Waals surface area contributed by atoms with Gasteiger partial charge in [-0.1, -0.05) is 22.9 Å². The Bertz CT molecular complexity index is 748. The molecule has 1 aromatic heterocycles. The van der Waals surface area contributed by atoms with Gasteiger partial charge in [0.05, 0.1) is 22.8 Å². The lowest BCUT2D eigenvalue weighted by Gasteiger charge is -2.17. The second kappa shape index (κ2) is 7.03. The highest BCUT2D eigenvalue weighted by atomic mass is 35.5. The number of carbonyl (C=O) groups excluding carboxylic acids is 1. The molecule has 0 N–H and O–H groups in total. The van der Waals surface area contributed by atoms with Gasteiger partial charge in [-0.05, 0) is 30.5 Å². The van der Waals surface area contributed by atoms with E-state index in [1.54, 1.807) is 22.0 Å². The first-order chi connectivity index (χ1) is 11.8. The van der Waals surface area contributed by atoms with Crippen LogP contribution in [-0.4, -0.2) is 38.9 Å². The van der Waals surface area contributed by atoms with Gasteiger partial charge in [0.25, 0.3) is 0 Å². The minimum atomic E-state index is -4.50. The maximum Gasteiger partial charge on any atom is 0.417 e. The highest BCUT2D eigenvalue weighted by molar-refractivity contribution is 6.31. The molecule has 1 amide bonds. The van der Waals surface area contributed by atoms with Gasteiger partial charge in [0.1, 0.15) is 0 Å². The number of aryl methyl sites for hydroxylation is 1. The lowest BCUT2D eigenvalue weighted by atomic mass is 10.1. The van der Waals surface area contributed by atoms with E-state index < -0.39 is 11.7 Å². The molecule has 0 aliphatic carbocycles. The minimum absolute atomic E-state index is 0.0777. The number of aromatic nitrogens is 3. The van der Waals surface area contributed by atoms with Gasteiger partial charge >= 0.3 is 6.18 Å². The highest BCUT2D eigenvalue weighted by Crippen LogP contribution is 2.35. The molecule has 134 valence electrons. The van der Waals surface area contributed by atoms with Crippen LogP contribution in [0.3, 0.4) is 0 Å². The molecule has 2 heterocycles. The SMILES string of the molecule is O=C(CCc1ccc(Cl)c(C(F)(F)F)c1)N1CCC(n2ccnn2)C1. The van der Waals surface area contributed by atoms with Gasteiger partial charge in [-0.2, -0.15) is 13.2 Å². The van der Waals surface area contributed by atoms with Crippen molar-refractivity contribution in [1.29, 1.82) is 0 Å². The number of carbonyl (C=O) groups is 1. The van der Waals surface area contributed by atoms with Gasteiger partial charge in [0, 0.05) is 25.7 Å². The maximum absolute atomic E-state index is 12.9. The zero-order valence-electron chi connectivity index (χ0n) is 13.2. The van der Waals surface area contributed by atoms with Crippen LogP contribution in [-0.2, 0) is 17.4 Å². The third-order valence-corrected chi connectivity index (χ3v) is 4.62. The quantitative estimate of drug-likeness (QED) is 0.827. The van der Waals surface area contributed by atoms with Crippen molar-refractivity contribution in [2.75, 3.05) is 13.1 Å². The predicted octanol–water partition coefficient (Wildman–Crippen LogP) is 3.36. The van der Waals surface area contributed by atoms with Crippen molar-refractivity contribution in [3.63, 3.8) is 0 Å². The average Bonchev–Trinajstić information content (AvgIpc) is 3.23. The van der Waals surface area contributed by atoms with E-state index in [2.05, 4.69) is 10.3 Å². The number of alkyl halides is 3. The first kappa shape index (κ1) is 17.7. The number of likely N-dealkylation sites (tertiary alicyclic amines) is 1. The van der Waals surface area contributed by atoms with E-state index in [0.29, 0.717) is 18.7 Å². The average molecular weight is 373 g/mol. The summed E-state index contributed by atoms with van der Waals surface area (Å²) in [4.78, 5) is 14.0. The van der Waals surface area contributed by atoms with Gasteiger partial charge in [-0.25, -0.2) is 4.68 Å². The predicted molar refractivity (Wildman–Crippen MR) is 85.0 cm³/mol. The van der Waals surface area contributed by atoms with Crippen molar-refractivity contribution in [3.8, 4) is 0 Å². The molecule has 9 heteroatoms. The van der Waals surface area contributed by atoms with Gasteiger partial charge in [0.2, 0.25) is 5.91 Å². The standard InChI is InChI=1S/C16H16ClF3N4O/c17-14-3-1-11(9-13(14)16(18,19)20)2-4-15(25)23-7-5-12(10-23)24-8-6-21-22-24/h1,3,6,8-9,12H,2,4-5,7,10H2. The number of benzene rings is 1. The van der Waals surface area contributed by atoms with E-state index in [1.165, 1.54) is 12.1 Å². The Labute approximate surface area is 147 Å². The third-order valence-electron chi connectivity index (χ3n) is 4.29. The van der Waals surface area contributed by atoms with Crippen LogP contribution in [0.4, 0.5) is 13.2 Å². The first-order valence-corrected chi connectivity index (χ1v) is 8.21. The van der Waals surface area contributed by atoms with Gasteiger partial charge in [-0.15, -0.1) is 5.10 Å². The third kappa shape index (κ3) is 4.12. The molecular weight excluding hydrogens is 357 g/mol. The Balaban J connectivity index is 1.58. The second-order valence-corrected chi connectivity index (χ2v) is 6.38. The number of halogens is 4. The smallest absolute Gasteiger partial charge is 0.340 e. The fourth-order valence-corrected chi connectivity index (χ4v) is 3.18. The lowest BCUT2D eigenvalue weighted by Crippen LogP contribution is -2.29. The molecule has 0 saturated carbocycles. The Morgan fingerprint density at radius 3 is 2.84 bits per heavy atom. The van der Waals surface area contributed by atoms with Crippen molar-refractivity contribution in [2.45, 2.75) is 31.5 Å². The summed E-state index contributed by atoms with van der Waals surface area (Å²) in [6.07, 6.45) is 0.0200. The van der Waals surface area contributed by atoms with Crippen molar-refractivity contribution in [3.05, 3.63) is 46.7 Å². The monoisotopic (exact) mass is 372 g/mol. The molecule has 0 bridgehead atoms. The summed E-state index contributed by atoms with van der Waals surface area (Å²) < 4.78 is 40.4. The largest absolute Gasteiger partial charge is 0.417 e. The summed E-state index contributed by atoms with van der Waals surface area (Å²) >= 11 is 5.60.